The summed E-state index contributed by atoms with van der Waals surface area (Å²) in [6, 6.07) is 6.38. The monoisotopic (exact) mass is 386 g/mol. The Morgan fingerprint density at radius 2 is 1.89 bits per heavy atom. The number of carbonyl (C=O) groups excluding carboxylic acids is 2. The molecule has 8 nitrogen and oxygen atoms in total. The zero-order chi connectivity index (χ0) is 20.6. The van der Waals surface area contributed by atoms with Gasteiger partial charge in [-0.15, -0.1) is 0 Å². The lowest BCUT2D eigenvalue weighted by atomic mass is 9.77. The summed E-state index contributed by atoms with van der Waals surface area (Å²) in [6.45, 7) is 3.60. The van der Waals surface area contributed by atoms with Crippen molar-refractivity contribution in [1.82, 2.24) is 10.2 Å². The number of nitrogens with zero attached hydrogens (tertiary/aromatic N) is 1. The highest BCUT2D eigenvalue weighted by atomic mass is 16.4. The van der Waals surface area contributed by atoms with Crippen LogP contribution >= 0.6 is 0 Å². The first-order chi connectivity index (χ1) is 13.2. The van der Waals surface area contributed by atoms with Gasteiger partial charge in [0.15, 0.2) is 0 Å². The van der Waals surface area contributed by atoms with Crippen LogP contribution in [0.3, 0.4) is 0 Å². The third-order valence-electron chi connectivity index (χ3n) is 5.60. The molecule has 2 heterocycles. The van der Waals surface area contributed by atoms with Crippen LogP contribution in [0.5, 0.6) is 0 Å². The van der Waals surface area contributed by atoms with Crippen LogP contribution in [0.25, 0.3) is 0 Å². The molecular weight excluding hydrogens is 364 g/mol. The number of likely N-dealkylation sites (tertiary alicyclic amines) is 1. The predicted octanol–water partition coefficient (Wildman–Crippen LogP) is 1.11. The minimum Gasteiger partial charge on any atom is -0.481 e. The van der Waals surface area contributed by atoms with E-state index in [2.05, 4.69) is 5.32 Å². The summed E-state index contributed by atoms with van der Waals surface area (Å²) < 4.78 is 0. The van der Waals surface area contributed by atoms with Crippen molar-refractivity contribution < 1.29 is 29.4 Å². The Labute approximate surface area is 161 Å². The second kappa shape index (κ2) is 7.20. The molecule has 2 amide bonds. The third-order valence-corrected chi connectivity index (χ3v) is 5.60. The Hall–Kier alpha value is -3.00. The van der Waals surface area contributed by atoms with Crippen molar-refractivity contribution in [2.75, 3.05) is 6.54 Å². The van der Waals surface area contributed by atoms with Gasteiger partial charge in [0.05, 0.1) is 18.3 Å². The molecule has 3 rings (SSSR count). The number of hydrogen-bond acceptors (Lipinski definition) is 5. The molecule has 1 aromatic rings. The number of nitrogens with one attached hydrogen (secondary N) is 1. The van der Waals surface area contributed by atoms with Crippen LogP contribution in [-0.2, 0) is 19.2 Å². The summed E-state index contributed by atoms with van der Waals surface area (Å²) in [7, 11) is 0. The number of aryl methyl sites for hydroxylation is 1. The number of hydrogen-bond donors (Lipinski definition) is 3. The average Bonchev–Trinajstić information content (AvgIpc) is 3.09. The number of imide groups is 1. The van der Waals surface area contributed by atoms with Crippen molar-refractivity contribution in [1.29, 1.82) is 0 Å². The van der Waals surface area contributed by atoms with E-state index in [4.69, 9.17) is 0 Å². The molecular formula is C20H22N2O6. The zero-order valence-electron chi connectivity index (χ0n) is 15.6. The maximum Gasteiger partial charge on any atom is 0.325 e. The number of carbonyl (C=O) groups is 4. The van der Waals surface area contributed by atoms with Gasteiger partial charge in [-0.2, -0.15) is 0 Å². The Balaban J connectivity index is 2.16. The third kappa shape index (κ3) is 2.90. The second-order valence-corrected chi connectivity index (χ2v) is 7.19. The van der Waals surface area contributed by atoms with Crippen molar-refractivity contribution in [2.45, 2.75) is 31.8 Å². The predicted molar refractivity (Wildman–Crippen MR) is 98.2 cm³/mol. The van der Waals surface area contributed by atoms with E-state index < -0.39 is 53.6 Å². The van der Waals surface area contributed by atoms with Gasteiger partial charge >= 0.3 is 11.9 Å². The summed E-state index contributed by atoms with van der Waals surface area (Å²) in [5, 5.41) is 22.2. The molecule has 3 N–H and O–H groups in total. The van der Waals surface area contributed by atoms with Crippen LogP contribution in [0.1, 0.15) is 30.5 Å². The van der Waals surface area contributed by atoms with E-state index in [1.165, 1.54) is 0 Å². The summed E-state index contributed by atoms with van der Waals surface area (Å²) in [5.41, 5.74) is -0.552. The van der Waals surface area contributed by atoms with Gasteiger partial charge < -0.3 is 10.2 Å². The van der Waals surface area contributed by atoms with E-state index in [0.29, 0.717) is 5.56 Å². The largest absolute Gasteiger partial charge is 0.481 e. The molecule has 0 saturated carbocycles. The van der Waals surface area contributed by atoms with E-state index in [-0.39, 0.29) is 6.54 Å². The van der Waals surface area contributed by atoms with Gasteiger partial charge in [0, 0.05) is 12.6 Å². The number of rotatable bonds is 6. The lowest BCUT2D eigenvalue weighted by Gasteiger charge is -2.29. The lowest BCUT2D eigenvalue weighted by Crippen LogP contribution is -2.57. The first kappa shape index (κ1) is 19.8. The topological polar surface area (TPSA) is 124 Å². The molecule has 0 aromatic heterocycles. The number of carboxylic acids is 2. The average molecular weight is 386 g/mol. The van der Waals surface area contributed by atoms with Crippen LogP contribution in [0.15, 0.2) is 36.4 Å². The molecule has 0 radical (unpaired) electrons. The standard InChI is InChI=1S/C20H22N2O6/c1-3-4-9-22-17(25)14-15(18(22)26)20(19(27)28,10-13(23)24)21-16(14)12-8-6-5-7-11(12)2/h3-8,14-16,21H,9-10H2,1-2H3,(H,23,24)(H,27,28). The number of fused-ring (bicyclic) bond motifs is 1. The summed E-state index contributed by atoms with van der Waals surface area (Å²) in [5.74, 6) is -6.21. The van der Waals surface area contributed by atoms with E-state index in [0.717, 1.165) is 10.5 Å². The maximum absolute atomic E-state index is 13.1. The number of aliphatic carboxylic acids is 2. The number of carboxylic acid groups (broad SMARTS) is 2. The molecule has 2 aliphatic rings. The highest BCUT2D eigenvalue weighted by molar-refractivity contribution is 6.10. The number of allylic oxidation sites excluding steroid dienone is 1. The minimum absolute atomic E-state index is 0.0322. The van der Waals surface area contributed by atoms with Crippen LogP contribution in [-0.4, -0.2) is 50.9 Å². The molecule has 2 saturated heterocycles. The Kier molecular flexibility index (Phi) is 5.08. The smallest absolute Gasteiger partial charge is 0.325 e. The first-order valence-corrected chi connectivity index (χ1v) is 8.99. The van der Waals surface area contributed by atoms with E-state index in [1.807, 2.05) is 19.1 Å². The van der Waals surface area contributed by atoms with Gasteiger partial charge in [-0.25, -0.2) is 0 Å². The Morgan fingerprint density at radius 3 is 2.46 bits per heavy atom. The molecule has 28 heavy (non-hydrogen) atoms. The number of benzene rings is 1. The van der Waals surface area contributed by atoms with Crippen LogP contribution < -0.4 is 5.32 Å². The molecule has 1 aromatic carbocycles. The molecule has 0 aliphatic carbocycles. The van der Waals surface area contributed by atoms with Crippen LogP contribution in [0, 0.1) is 18.8 Å². The fourth-order valence-electron chi connectivity index (χ4n) is 4.33. The van der Waals surface area contributed by atoms with Crippen molar-refractivity contribution in [3.8, 4) is 0 Å². The van der Waals surface area contributed by atoms with Gasteiger partial charge in [-0.05, 0) is 25.0 Å². The lowest BCUT2D eigenvalue weighted by molar-refractivity contribution is -0.155. The van der Waals surface area contributed by atoms with Gasteiger partial charge in [0.2, 0.25) is 11.8 Å². The Morgan fingerprint density at radius 1 is 1.21 bits per heavy atom. The van der Waals surface area contributed by atoms with Crippen molar-refractivity contribution in [3.05, 3.63) is 47.5 Å². The quantitative estimate of drug-likeness (QED) is 0.494. The van der Waals surface area contributed by atoms with Gasteiger partial charge in [-0.3, -0.25) is 29.4 Å². The van der Waals surface area contributed by atoms with Crippen molar-refractivity contribution >= 4 is 23.8 Å². The van der Waals surface area contributed by atoms with E-state index in [1.54, 1.807) is 31.2 Å². The fourth-order valence-corrected chi connectivity index (χ4v) is 4.33. The first-order valence-electron chi connectivity index (χ1n) is 8.99. The fraction of sp³-hybridized carbons (Fsp3) is 0.400. The van der Waals surface area contributed by atoms with E-state index in [9.17, 15) is 29.4 Å². The Bertz CT molecular complexity index is 879. The molecule has 4 unspecified atom stereocenters. The van der Waals surface area contributed by atoms with Gasteiger partial charge in [-0.1, -0.05) is 36.4 Å². The van der Waals surface area contributed by atoms with E-state index >= 15 is 0 Å². The summed E-state index contributed by atoms with van der Waals surface area (Å²) in [6.07, 6.45) is 2.52. The SMILES string of the molecule is CC=CCN1C(=O)C2C(c3ccccc3C)NC(CC(=O)O)(C(=O)O)C2C1=O. The molecule has 8 heteroatoms. The summed E-state index contributed by atoms with van der Waals surface area (Å²) in [4.78, 5) is 50.9. The normalized spacial score (nSPS) is 29.5. The molecule has 0 spiro atoms. The van der Waals surface area contributed by atoms with Crippen molar-refractivity contribution in [2.24, 2.45) is 11.8 Å². The highest BCUT2D eigenvalue weighted by Gasteiger charge is 2.69. The van der Waals surface area contributed by atoms with Gasteiger partial charge in [0.25, 0.3) is 0 Å². The van der Waals surface area contributed by atoms with Crippen molar-refractivity contribution in [3.63, 3.8) is 0 Å². The maximum atomic E-state index is 13.1. The zero-order valence-corrected chi connectivity index (χ0v) is 15.6. The van der Waals surface area contributed by atoms with Gasteiger partial charge in [0.1, 0.15) is 5.54 Å². The molecule has 4 atom stereocenters. The van der Waals surface area contributed by atoms with Crippen LogP contribution in [0.4, 0.5) is 0 Å². The van der Waals surface area contributed by atoms with Crippen LogP contribution in [0.2, 0.25) is 0 Å². The second-order valence-electron chi connectivity index (χ2n) is 7.19. The number of amides is 2. The molecule has 148 valence electrons. The minimum atomic E-state index is -2.05. The summed E-state index contributed by atoms with van der Waals surface area (Å²) >= 11 is 0. The molecule has 0 bridgehead atoms. The molecule has 2 fully saturated rings. The molecule has 2 aliphatic heterocycles. The highest BCUT2D eigenvalue weighted by Crippen LogP contribution is 2.50.